The van der Waals surface area contributed by atoms with Crippen molar-refractivity contribution < 1.29 is 29.3 Å². The Morgan fingerprint density at radius 2 is 1.89 bits per heavy atom. The number of ether oxygens (including phenoxy) is 1. The van der Waals surface area contributed by atoms with Gasteiger partial charge in [-0.2, -0.15) is 0 Å². The molecule has 0 unspecified atom stereocenters. The number of rotatable bonds is 5. The van der Waals surface area contributed by atoms with Crippen LogP contribution in [-0.2, 0) is 21.5 Å². The normalized spacial score (nSPS) is 19.9. The van der Waals surface area contributed by atoms with E-state index in [1.807, 2.05) is 35.0 Å². The van der Waals surface area contributed by atoms with E-state index in [1.54, 1.807) is 13.8 Å². The number of nitrogens with zero attached hydrogens (tertiary/aromatic N) is 1. The lowest BCUT2D eigenvalue weighted by Crippen LogP contribution is -2.41. The topological polar surface area (TPSA) is 118 Å². The largest absolute Gasteiger partial charge is 0.507 e. The van der Waals surface area contributed by atoms with Gasteiger partial charge in [0.25, 0.3) is 0 Å². The van der Waals surface area contributed by atoms with Crippen LogP contribution in [0.3, 0.4) is 0 Å². The van der Waals surface area contributed by atoms with Crippen molar-refractivity contribution in [3.8, 4) is 17.2 Å². The maximum Gasteiger partial charge on any atom is 0.194 e. The molecule has 0 bridgehead atoms. The number of carbonyl (C=O) groups excluding carboxylic acids is 3. The molecule has 8 nitrogen and oxygen atoms in total. The van der Waals surface area contributed by atoms with Crippen LogP contribution in [0.4, 0.5) is 0 Å². The fourth-order valence-electron chi connectivity index (χ4n) is 5.20. The van der Waals surface area contributed by atoms with Crippen molar-refractivity contribution in [2.45, 2.75) is 39.7 Å². The third-order valence-electron chi connectivity index (χ3n) is 7.26. The van der Waals surface area contributed by atoms with Crippen molar-refractivity contribution >= 4 is 39.9 Å². The number of halogens is 1. The second-order valence-corrected chi connectivity index (χ2v) is 9.90. The quantitative estimate of drug-likeness (QED) is 0.258. The number of allylic oxidation sites excluding steroid dienone is 4. The first-order chi connectivity index (χ1) is 17.5. The number of hydrogen-bond donors (Lipinski definition) is 3. The minimum Gasteiger partial charge on any atom is -0.507 e. The Bertz CT molecular complexity index is 1610. The highest BCUT2D eigenvalue weighted by Crippen LogP contribution is 2.57. The van der Waals surface area contributed by atoms with Gasteiger partial charge in [0.2, 0.25) is 0 Å². The molecular weight excluding hydrogens is 496 g/mol. The number of nitrogens with one attached hydrogen (secondary N) is 1. The smallest absolute Gasteiger partial charge is 0.194 e. The van der Waals surface area contributed by atoms with Crippen molar-refractivity contribution in [3.63, 3.8) is 0 Å². The van der Waals surface area contributed by atoms with Gasteiger partial charge in [0, 0.05) is 52.5 Å². The summed E-state index contributed by atoms with van der Waals surface area (Å²) < 4.78 is 7.82. The number of phenolic OH excluding ortho intramolecular Hbond substituents is 2. The van der Waals surface area contributed by atoms with E-state index in [0.717, 1.165) is 10.9 Å². The number of carbonyl (C=O) groups is 3. The van der Waals surface area contributed by atoms with Crippen LogP contribution < -0.4 is 10.1 Å². The zero-order valence-electron chi connectivity index (χ0n) is 20.7. The van der Waals surface area contributed by atoms with Crippen molar-refractivity contribution in [3.05, 3.63) is 75.3 Å². The molecule has 1 aliphatic carbocycles. The van der Waals surface area contributed by atoms with E-state index in [4.69, 9.17) is 16.3 Å². The first kappa shape index (κ1) is 24.6. The molecule has 0 saturated carbocycles. The number of phenols is 2. The molecule has 0 radical (unpaired) electrons. The van der Waals surface area contributed by atoms with E-state index in [1.165, 1.54) is 19.9 Å². The van der Waals surface area contributed by atoms with Crippen LogP contribution >= 0.6 is 11.6 Å². The van der Waals surface area contributed by atoms with Crippen LogP contribution in [0.2, 0.25) is 5.02 Å². The van der Waals surface area contributed by atoms with Gasteiger partial charge in [-0.25, -0.2) is 0 Å². The second kappa shape index (κ2) is 8.52. The number of fused-ring (bicyclic) bond motifs is 4. The SMILES string of the molecule is CC(=O)c1c(O)c(C)c(O)c2c1OC1=CC(=O)/C(=C(/C)NCCn3ccc4c(Cl)cccc43)C(=O)[C@]12C. The average Bonchev–Trinajstić information content (AvgIpc) is 3.38. The number of Topliss-reactive ketones (excluding diaryl/α,β-unsaturated/α-hetero) is 2. The highest BCUT2D eigenvalue weighted by atomic mass is 35.5. The molecule has 1 aromatic heterocycles. The van der Waals surface area contributed by atoms with Gasteiger partial charge < -0.3 is 24.8 Å². The van der Waals surface area contributed by atoms with E-state index in [2.05, 4.69) is 5.32 Å². The third kappa shape index (κ3) is 3.47. The zero-order chi connectivity index (χ0) is 26.8. The second-order valence-electron chi connectivity index (χ2n) is 9.50. The minimum atomic E-state index is -1.54. The molecule has 0 spiro atoms. The molecule has 1 aliphatic heterocycles. The van der Waals surface area contributed by atoms with Gasteiger partial charge in [-0.1, -0.05) is 17.7 Å². The lowest BCUT2D eigenvalue weighted by Gasteiger charge is -2.29. The van der Waals surface area contributed by atoms with Crippen LogP contribution in [0.25, 0.3) is 10.9 Å². The van der Waals surface area contributed by atoms with E-state index < -0.39 is 28.5 Å². The molecule has 0 amide bonds. The maximum atomic E-state index is 13.9. The number of ketones is 3. The summed E-state index contributed by atoms with van der Waals surface area (Å²) in [6, 6.07) is 7.60. The number of hydrogen-bond acceptors (Lipinski definition) is 7. The van der Waals surface area contributed by atoms with Gasteiger partial charge in [-0.3, -0.25) is 14.4 Å². The summed E-state index contributed by atoms with van der Waals surface area (Å²) in [5, 5.41) is 26.2. The minimum absolute atomic E-state index is 0.00698. The lowest BCUT2D eigenvalue weighted by atomic mass is 9.70. The summed E-state index contributed by atoms with van der Waals surface area (Å²) in [4.78, 5) is 39.2. The average molecular weight is 521 g/mol. The monoisotopic (exact) mass is 520 g/mol. The van der Waals surface area contributed by atoms with Crippen LogP contribution in [-0.4, -0.2) is 38.7 Å². The molecule has 5 rings (SSSR count). The van der Waals surface area contributed by atoms with Crippen molar-refractivity contribution in [2.24, 2.45) is 0 Å². The van der Waals surface area contributed by atoms with Crippen LogP contribution in [0.5, 0.6) is 17.2 Å². The third-order valence-corrected chi connectivity index (χ3v) is 7.59. The van der Waals surface area contributed by atoms with Crippen LogP contribution in [0, 0.1) is 6.92 Å². The molecule has 9 heteroatoms. The fraction of sp³-hybridized carbons (Fsp3) is 0.250. The first-order valence-electron chi connectivity index (χ1n) is 11.8. The molecule has 3 aromatic rings. The van der Waals surface area contributed by atoms with Gasteiger partial charge in [0.1, 0.15) is 34.0 Å². The molecule has 190 valence electrons. The van der Waals surface area contributed by atoms with Gasteiger partial charge in [-0.05, 0) is 45.9 Å². The summed E-state index contributed by atoms with van der Waals surface area (Å²) in [5.74, 6) is -2.47. The van der Waals surface area contributed by atoms with Gasteiger partial charge >= 0.3 is 0 Å². The predicted octanol–water partition coefficient (Wildman–Crippen LogP) is 4.47. The Hall–Kier alpha value is -4.04. The Morgan fingerprint density at radius 1 is 1.16 bits per heavy atom. The lowest BCUT2D eigenvalue weighted by molar-refractivity contribution is -0.123. The Balaban J connectivity index is 1.50. The number of benzene rings is 2. The Kier molecular flexibility index (Phi) is 5.68. The highest BCUT2D eigenvalue weighted by Gasteiger charge is 2.56. The summed E-state index contributed by atoms with van der Waals surface area (Å²) in [7, 11) is 0. The standard InChI is InChI=1S/C28H25ClN2O6/c1-13-24(34)22(15(3)32)26-23(25(13)35)28(4)20(37-26)12-19(33)21(27(28)36)14(2)30-9-11-31-10-8-16-17(29)6-5-7-18(16)31/h5-8,10,12,30,34-35H,9,11H2,1-4H3/b21-14+/t28-/m1/s1. The molecule has 0 saturated heterocycles. The summed E-state index contributed by atoms with van der Waals surface area (Å²) >= 11 is 6.26. The van der Waals surface area contributed by atoms with E-state index in [-0.39, 0.29) is 39.5 Å². The van der Waals surface area contributed by atoms with E-state index in [0.29, 0.717) is 23.8 Å². The van der Waals surface area contributed by atoms with Crippen molar-refractivity contribution in [1.29, 1.82) is 0 Å². The van der Waals surface area contributed by atoms with Gasteiger partial charge in [-0.15, -0.1) is 0 Å². The molecule has 2 heterocycles. The van der Waals surface area contributed by atoms with Crippen molar-refractivity contribution in [2.75, 3.05) is 6.54 Å². The maximum absolute atomic E-state index is 13.9. The Morgan fingerprint density at radius 3 is 2.59 bits per heavy atom. The summed E-state index contributed by atoms with van der Waals surface area (Å²) in [5.41, 5.74) is -0.256. The predicted molar refractivity (Wildman–Crippen MR) is 138 cm³/mol. The molecule has 0 fully saturated rings. The highest BCUT2D eigenvalue weighted by molar-refractivity contribution is 6.35. The van der Waals surface area contributed by atoms with Gasteiger partial charge in [0.05, 0.1) is 11.1 Å². The van der Waals surface area contributed by atoms with Gasteiger partial charge in [0.15, 0.2) is 17.3 Å². The van der Waals surface area contributed by atoms with E-state index in [9.17, 15) is 24.6 Å². The van der Waals surface area contributed by atoms with E-state index >= 15 is 0 Å². The molecular formula is C28H25ClN2O6. The molecule has 37 heavy (non-hydrogen) atoms. The van der Waals surface area contributed by atoms with Crippen molar-refractivity contribution in [1.82, 2.24) is 9.88 Å². The summed E-state index contributed by atoms with van der Waals surface area (Å²) in [6.45, 7) is 6.88. The molecule has 1 atom stereocenters. The molecule has 2 aliphatic rings. The molecule has 2 aromatic carbocycles. The number of aromatic nitrogens is 1. The fourth-order valence-corrected chi connectivity index (χ4v) is 5.43. The van der Waals surface area contributed by atoms with Crippen LogP contribution in [0.1, 0.15) is 42.3 Å². The van der Waals surface area contributed by atoms with Crippen LogP contribution in [0.15, 0.2) is 53.6 Å². The first-order valence-corrected chi connectivity index (χ1v) is 12.1. The Labute approximate surface area is 217 Å². The summed E-state index contributed by atoms with van der Waals surface area (Å²) in [6.07, 6.45) is 3.13. The zero-order valence-corrected chi connectivity index (χ0v) is 21.5. The molecule has 3 N–H and O–H groups in total. The number of aromatic hydroxyl groups is 2.